The van der Waals surface area contributed by atoms with E-state index >= 15 is 0 Å². The predicted octanol–water partition coefficient (Wildman–Crippen LogP) is 1.40. The monoisotopic (exact) mass is 182 g/mol. The number of thiophene rings is 1. The van der Waals surface area contributed by atoms with Gasteiger partial charge >= 0.3 is 5.69 Å². The Morgan fingerprint density at radius 3 is 2.92 bits per heavy atom. The van der Waals surface area contributed by atoms with Crippen LogP contribution in [0.1, 0.15) is 4.88 Å². The Hall–Kier alpha value is -1.36. The molecule has 2 aromatic rings. The molecular weight excluding hydrogens is 176 g/mol. The van der Waals surface area contributed by atoms with Gasteiger partial charge in [0, 0.05) is 4.88 Å². The topological polar surface area (TPSA) is 58.9 Å². The van der Waals surface area contributed by atoms with Gasteiger partial charge in [-0.2, -0.15) is 10.1 Å². The average Bonchev–Trinajstić information content (AvgIpc) is 2.58. The van der Waals surface area contributed by atoms with Crippen LogP contribution < -0.4 is 5.69 Å². The molecule has 1 N–H and O–H groups in total. The maximum Gasteiger partial charge on any atom is 0.377 e. The minimum atomic E-state index is -0.448. The second-order valence-corrected chi connectivity index (χ2v) is 3.62. The summed E-state index contributed by atoms with van der Waals surface area (Å²) < 4.78 is 4.83. The minimum Gasteiger partial charge on any atom is -0.356 e. The standard InChI is InChI=1S/C7H6N2O2S/c1-4-2-3-5(12-4)6-8-7(10)9-11-6/h2-3H,1H3,(H,9,10). The van der Waals surface area contributed by atoms with Gasteiger partial charge < -0.3 is 4.52 Å². The van der Waals surface area contributed by atoms with Crippen molar-refractivity contribution in [2.45, 2.75) is 6.92 Å². The third kappa shape index (κ3) is 1.18. The molecule has 0 radical (unpaired) electrons. The Labute approximate surface area is 71.8 Å². The van der Waals surface area contributed by atoms with Gasteiger partial charge in [0.1, 0.15) is 0 Å². The summed E-state index contributed by atoms with van der Waals surface area (Å²) in [7, 11) is 0. The number of hydrogen-bond donors (Lipinski definition) is 1. The van der Waals surface area contributed by atoms with Crippen LogP contribution in [0.2, 0.25) is 0 Å². The zero-order chi connectivity index (χ0) is 8.55. The largest absolute Gasteiger partial charge is 0.377 e. The van der Waals surface area contributed by atoms with Gasteiger partial charge in [-0.3, -0.25) is 0 Å². The molecule has 0 fully saturated rings. The first-order chi connectivity index (χ1) is 5.75. The van der Waals surface area contributed by atoms with Crippen LogP contribution in [0.3, 0.4) is 0 Å². The van der Waals surface area contributed by atoms with Crippen LogP contribution in [-0.2, 0) is 0 Å². The molecule has 12 heavy (non-hydrogen) atoms. The summed E-state index contributed by atoms with van der Waals surface area (Å²) in [5, 5.41) is 2.14. The van der Waals surface area contributed by atoms with E-state index in [4.69, 9.17) is 4.52 Å². The maximum absolute atomic E-state index is 10.6. The molecule has 0 aliphatic heterocycles. The third-order valence-electron chi connectivity index (χ3n) is 1.39. The van der Waals surface area contributed by atoms with E-state index in [1.807, 2.05) is 19.1 Å². The summed E-state index contributed by atoms with van der Waals surface area (Å²) in [4.78, 5) is 16.3. The number of aromatic amines is 1. The molecule has 0 bridgehead atoms. The molecule has 5 heteroatoms. The predicted molar refractivity (Wildman–Crippen MR) is 45.2 cm³/mol. The number of H-pyrrole nitrogens is 1. The zero-order valence-corrected chi connectivity index (χ0v) is 7.14. The summed E-state index contributed by atoms with van der Waals surface area (Å²) >= 11 is 1.54. The number of aromatic nitrogens is 2. The number of hydrogen-bond acceptors (Lipinski definition) is 4. The molecule has 2 aromatic heterocycles. The van der Waals surface area contributed by atoms with Crippen LogP contribution >= 0.6 is 11.3 Å². The molecule has 0 aliphatic carbocycles. The lowest BCUT2D eigenvalue weighted by molar-refractivity contribution is 0.425. The lowest BCUT2D eigenvalue weighted by atomic mass is 10.4. The van der Waals surface area contributed by atoms with Crippen molar-refractivity contribution < 1.29 is 4.52 Å². The van der Waals surface area contributed by atoms with Crippen LogP contribution in [0, 0.1) is 6.92 Å². The van der Waals surface area contributed by atoms with Crippen molar-refractivity contribution in [2.75, 3.05) is 0 Å². The summed E-state index contributed by atoms with van der Waals surface area (Å²) in [5.41, 5.74) is -0.448. The van der Waals surface area contributed by atoms with Gasteiger partial charge in [0.15, 0.2) is 0 Å². The van der Waals surface area contributed by atoms with E-state index in [1.54, 1.807) is 0 Å². The van der Waals surface area contributed by atoms with Crippen molar-refractivity contribution in [3.63, 3.8) is 0 Å². The molecule has 4 nitrogen and oxygen atoms in total. The van der Waals surface area contributed by atoms with E-state index in [1.165, 1.54) is 11.3 Å². The smallest absolute Gasteiger partial charge is 0.356 e. The third-order valence-corrected chi connectivity index (χ3v) is 2.38. The van der Waals surface area contributed by atoms with Crippen molar-refractivity contribution in [3.05, 3.63) is 27.5 Å². The molecule has 0 spiro atoms. The number of nitrogens with one attached hydrogen (secondary N) is 1. The van der Waals surface area contributed by atoms with Gasteiger partial charge in [0.05, 0.1) is 4.88 Å². The van der Waals surface area contributed by atoms with E-state index in [0.29, 0.717) is 5.89 Å². The van der Waals surface area contributed by atoms with Gasteiger partial charge in [0.25, 0.3) is 5.89 Å². The highest BCUT2D eigenvalue weighted by Gasteiger charge is 2.06. The second-order valence-electron chi connectivity index (χ2n) is 2.34. The van der Waals surface area contributed by atoms with Crippen molar-refractivity contribution in [1.82, 2.24) is 10.1 Å². The maximum atomic E-state index is 10.6. The number of nitrogens with zero attached hydrogens (tertiary/aromatic N) is 1. The minimum absolute atomic E-state index is 0.359. The zero-order valence-electron chi connectivity index (χ0n) is 6.33. The Kier molecular flexibility index (Phi) is 1.58. The molecule has 0 amide bonds. The highest BCUT2D eigenvalue weighted by atomic mass is 32.1. The molecule has 0 saturated carbocycles. The fraction of sp³-hybridized carbons (Fsp3) is 0.143. The molecule has 0 unspecified atom stereocenters. The van der Waals surface area contributed by atoms with Crippen LogP contribution in [-0.4, -0.2) is 10.1 Å². The van der Waals surface area contributed by atoms with Gasteiger partial charge in [-0.25, -0.2) is 4.79 Å². The first-order valence-electron chi connectivity index (χ1n) is 3.38. The Morgan fingerprint density at radius 1 is 1.58 bits per heavy atom. The molecule has 62 valence electrons. The Balaban J connectivity index is 2.50. The van der Waals surface area contributed by atoms with E-state index in [9.17, 15) is 4.79 Å². The lowest BCUT2D eigenvalue weighted by Gasteiger charge is -1.82. The summed E-state index contributed by atoms with van der Waals surface area (Å²) in [6.45, 7) is 1.99. The van der Waals surface area contributed by atoms with E-state index in [-0.39, 0.29) is 0 Å². The molecule has 2 rings (SSSR count). The fourth-order valence-corrected chi connectivity index (χ4v) is 1.68. The normalized spacial score (nSPS) is 10.4. The summed E-state index contributed by atoms with van der Waals surface area (Å²) in [6, 6.07) is 3.83. The molecule has 0 aliphatic rings. The van der Waals surface area contributed by atoms with Gasteiger partial charge in [-0.05, 0) is 19.1 Å². The first kappa shape index (κ1) is 7.30. The Bertz CT molecular complexity index is 440. The SMILES string of the molecule is Cc1ccc(-c2nc(=O)[nH]o2)s1. The van der Waals surface area contributed by atoms with Gasteiger partial charge in [-0.15, -0.1) is 11.3 Å². The number of aryl methyl sites for hydroxylation is 1. The van der Waals surface area contributed by atoms with Gasteiger partial charge in [-0.1, -0.05) is 0 Å². The second kappa shape index (κ2) is 2.60. The first-order valence-corrected chi connectivity index (χ1v) is 4.20. The number of rotatable bonds is 1. The van der Waals surface area contributed by atoms with Gasteiger partial charge in [0.2, 0.25) is 0 Å². The molecule has 0 saturated heterocycles. The van der Waals surface area contributed by atoms with E-state index in [2.05, 4.69) is 10.1 Å². The van der Waals surface area contributed by atoms with Crippen LogP contribution in [0.25, 0.3) is 10.8 Å². The fourth-order valence-electron chi connectivity index (χ4n) is 0.885. The molecule has 0 aromatic carbocycles. The van der Waals surface area contributed by atoms with Crippen LogP contribution in [0.5, 0.6) is 0 Å². The summed E-state index contributed by atoms with van der Waals surface area (Å²) in [6.07, 6.45) is 0. The average molecular weight is 182 g/mol. The van der Waals surface area contributed by atoms with Crippen molar-refractivity contribution in [1.29, 1.82) is 0 Å². The van der Waals surface area contributed by atoms with Crippen molar-refractivity contribution in [2.24, 2.45) is 0 Å². The summed E-state index contributed by atoms with van der Waals surface area (Å²) in [5.74, 6) is 0.359. The lowest BCUT2D eigenvalue weighted by Crippen LogP contribution is -1.99. The van der Waals surface area contributed by atoms with Crippen molar-refractivity contribution >= 4 is 11.3 Å². The molecule has 0 atom stereocenters. The van der Waals surface area contributed by atoms with Crippen LogP contribution in [0.15, 0.2) is 21.5 Å². The Morgan fingerprint density at radius 2 is 2.42 bits per heavy atom. The molecule has 2 heterocycles. The highest BCUT2D eigenvalue weighted by molar-refractivity contribution is 7.15. The highest BCUT2D eigenvalue weighted by Crippen LogP contribution is 2.24. The van der Waals surface area contributed by atoms with Crippen LogP contribution in [0.4, 0.5) is 0 Å². The quantitative estimate of drug-likeness (QED) is 0.725. The van der Waals surface area contributed by atoms with E-state index in [0.717, 1.165) is 9.75 Å². The van der Waals surface area contributed by atoms with Crippen molar-refractivity contribution in [3.8, 4) is 10.8 Å². The van der Waals surface area contributed by atoms with E-state index < -0.39 is 5.69 Å². The molecular formula is C7H6N2O2S.